The van der Waals surface area contributed by atoms with Crippen LogP contribution in [0.4, 0.5) is 0 Å². The van der Waals surface area contributed by atoms with Gasteiger partial charge in [-0.2, -0.15) is 0 Å². The van der Waals surface area contributed by atoms with Gasteiger partial charge in [-0.15, -0.1) is 0 Å². The van der Waals surface area contributed by atoms with E-state index in [1.54, 1.807) is 0 Å². The van der Waals surface area contributed by atoms with Crippen molar-refractivity contribution in [1.29, 1.82) is 0 Å². The van der Waals surface area contributed by atoms with E-state index in [0.717, 1.165) is 0 Å². The van der Waals surface area contributed by atoms with Crippen LogP contribution < -0.4 is 0 Å². The molecule has 64 valence electrons. The Hall–Kier alpha value is -0.560. The summed E-state index contributed by atoms with van der Waals surface area (Å²) in [6.07, 6.45) is 5.26. The molecule has 2 heteroatoms. The van der Waals surface area contributed by atoms with Crippen LogP contribution in [0.25, 0.3) is 0 Å². The quantitative estimate of drug-likeness (QED) is 0.606. The van der Waals surface area contributed by atoms with Gasteiger partial charge in [0.05, 0.1) is 0 Å². The predicted octanol–water partition coefficient (Wildman–Crippen LogP) is 3.39. The molecule has 1 nitrogen and oxygen atoms in total. The fraction of sp³-hybridized carbons (Fsp3) is 0.500. The third kappa shape index (κ3) is 1.61. The summed E-state index contributed by atoms with van der Waals surface area (Å²) in [6.45, 7) is 0. The van der Waals surface area contributed by atoms with Gasteiger partial charge < -0.3 is 0 Å². The largest absolute Gasteiger partial charge is 0.241 e. The molecule has 0 saturated heterocycles. The molecule has 1 aliphatic rings. The maximum absolute atomic E-state index is 5.81. The van der Waals surface area contributed by atoms with Crippen molar-refractivity contribution in [2.24, 2.45) is 0 Å². The molecule has 1 aliphatic carbocycles. The molecule has 1 aromatic heterocycles. The van der Waals surface area contributed by atoms with Crippen molar-refractivity contribution < 1.29 is 0 Å². The van der Waals surface area contributed by atoms with Crippen LogP contribution in [0.3, 0.4) is 0 Å². The molecule has 0 radical (unpaired) electrons. The van der Waals surface area contributed by atoms with E-state index in [2.05, 4.69) is 11.1 Å². The van der Waals surface area contributed by atoms with E-state index in [9.17, 15) is 0 Å². The zero-order chi connectivity index (χ0) is 8.39. The molecule has 1 aromatic rings. The molecule has 12 heavy (non-hydrogen) atoms. The summed E-state index contributed by atoms with van der Waals surface area (Å²) in [5, 5.41) is 0.624. The van der Waals surface area contributed by atoms with E-state index in [1.165, 1.54) is 31.4 Å². The van der Waals surface area contributed by atoms with Gasteiger partial charge in [0.1, 0.15) is 5.15 Å². The predicted molar refractivity (Wildman–Crippen MR) is 50.5 cm³/mol. The van der Waals surface area contributed by atoms with Crippen LogP contribution in [0.1, 0.15) is 37.3 Å². The number of pyridine rings is 1. The fourth-order valence-electron chi connectivity index (χ4n) is 1.87. The average Bonchev–Trinajstić information content (AvgIpc) is 2.56. The Labute approximate surface area is 77.8 Å². The van der Waals surface area contributed by atoms with Crippen LogP contribution in [-0.4, -0.2) is 4.98 Å². The monoisotopic (exact) mass is 181 g/mol. The lowest BCUT2D eigenvalue weighted by molar-refractivity contribution is 0.697. The van der Waals surface area contributed by atoms with Crippen molar-refractivity contribution in [2.45, 2.75) is 31.6 Å². The second-order valence-corrected chi connectivity index (χ2v) is 3.75. The summed E-state index contributed by atoms with van der Waals surface area (Å²) in [5.41, 5.74) is 1.18. The summed E-state index contributed by atoms with van der Waals surface area (Å²) in [6, 6.07) is 5.91. The van der Waals surface area contributed by atoms with Crippen molar-refractivity contribution in [3.8, 4) is 0 Å². The number of rotatable bonds is 1. The van der Waals surface area contributed by atoms with Crippen LogP contribution in [0.5, 0.6) is 0 Å². The first kappa shape index (κ1) is 8.06. The van der Waals surface area contributed by atoms with Crippen LogP contribution in [0.15, 0.2) is 18.2 Å². The lowest BCUT2D eigenvalue weighted by Crippen LogP contribution is -1.95. The minimum absolute atomic E-state index is 0.624. The van der Waals surface area contributed by atoms with E-state index in [0.29, 0.717) is 11.1 Å². The number of hydrogen-bond donors (Lipinski definition) is 0. The second kappa shape index (κ2) is 3.44. The first-order valence-electron chi connectivity index (χ1n) is 4.49. The van der Waals surface area contributed by atoms with Gasteiger partial charge in [0, 0.05) is 11.6 Å². The molecular weight excluding hydrogens is 170 g/mol. The van der Waals surface area contributed by atoms with E-state index in [4.69, 9.17) is 11.6 Å². The van der Waals surface area contributed by atoms with Crippen molar-refractivity contribution in [2.75, 3.05) is 0 Å². The highest BCUT2D eigenvalue weighted by atomic mass is 35.5. The Kier molecular flexibility index (Phi) is 2.31. The molecule has 0 aliphatic heterocycles. The summed E-state index contributed by atoms with van der Waals surface area (Å²) >= 11 is 5.81. The van der Waals surface area contributed by atoms with Crippen LogP contribution >= 0.6 is 11.6 Å². The van der Waals surface area contributed by atoms with Gasteiger partial charge in [0.25, 0.3) is 0 Å². The van der Waals surface area contributed by atoms with Gasteiger partial charge in [-0.1, -0.05) is 30.5 Å². The van der Waals surface area contributed by atoms with Gasteiger partial charge in [0.2, 0.25) is 0 Å². The summed E-state index contributed by atoms with van der Waals surface area (Å²) in [5.74, 6) is 0.670. The Bertz CT molecular complexity index is 266. The minimum Gasteiger partial charge on any atom is -0.241 e. The third-order valence-corrected chi connectivity index (χ3v) is 2.72. The zero-order valence-corrected chi connectivity index (χ0v) is 7.72. The van der Waals surface area contributed by atoms with Crippen molar-refractivity contribution in [1.82, 2.24) is 4.98 Å². The maximum atomic E-state index is 5.81. The topological polar surface area (TPSA) is 12.9 Å². The number of aromatic nitrogens is 1. The van der Waals surface area contributed by atoms with Gasteiger partial charge in [0.15, 0.2) is 0 Å². The van der Waals surface area contributed by atoms with E-state index < -0.39 is 0 Å². The number of halogens is 1. The van der Waals surface area contributed by atoms with Crippen LogP contribution in [0.2, 0.25) is 5.15 Å². The van der Waals surface area contributed by atoms with Crippen LogP contribution in [0, 0.1) is 0 Å². The Morgan fingerprint density at radius 1 is 1.25 bits per heavy atom. The van der Waals surface area contributed by atoms with Crippen molar-refractivity contribution in [3.63, 3.8) is 0 Å². The van der Waals surface area contributed by atoms with E-state index >= 15 is 0 Å². The molecule has 0 atom stereocenters. The average molecular weight is 182 g/mol. The normalized spacial score (nSPS) is 18.4. The molecule has 1 heterocycles. The first-order valence-corrected chi connectivity index (χ1v) is 4.86. The zero-order valence-electron chi connectivity index (χ0n) is 6.96. The smallest absolute Gasteiger partial charge is 0.129 e. The van der Waals surface area contributed by atoms with Gasteiger partial charge >= 0.3 is 0 Å². The second-order valence-electron chi connectivity index (χ2n) is 3.37. The Morgan fingerprint density at radius 2 is 2.00 bits per heavy atom. The van der Waals surface area contributed by atoms with Gasteiger partial charge in [-0.05, 0) is 25.0 Å². The Balaban J connectivity index is 2.21. The number of hydrogen-bond acceptors (Lipinski definition) is 1. The molecule has 0 N–H and O–H groups in total. The van der Waals surface area contributed by atoms with Gasteiger partial charge in [-0.3, -0.25) is 0 Å². The minimum atomic E-state index is 0.624. The molecule has 0 unspecified atom stereocenters. The fourth-order valence-corrected chi connectivity index (χ4v) is 2.04. The molecular formula is C10H12ClN. The van der Waals surface area contributed by atoms with Crippen LogP contribution in [-0.2, 0) is 0 Å². The summed E-state index contributed by atoms with van der Waals surface area (Å²) < 4.78 is 0. The highest BCUT2D eigenvalue weighted by Crippen LogP contribution is 2.33. The SMILES string of the molecule is Clc1cccc(C2CCCC2)n1. The van der Waals surface area contributed by atoms with Crippen molar-refractivity contribution >= 4 is 11.6 Å². The lowest BCUT2D eigenvalue weighted by Gasteiger charge is -2.07. The molecule has 0 spiro atoms. The summed E-state index contributed by atoms with van der Waals surface area (Å²) in [4.78, 5) is 4.32. The highest BCUT2D eigenvalue weighted by Gasteiger charge is 2.17. The molecule has 0 aromatic carbocycles. The summed E-state index contributed by atoms with van der Waals surface area (Å²) in [7, 11) is 0. The Morgan fingerprint density at radius 3 is 2.67 bits per heavy atom. The molecule has 0 amide bonds. The highest BCUT2D eigenvalue weighted by molar-refractivity contribution is 6.29. The molecule has 2 rings (SSSR count). The third-order valence-electron chi connectivity index (χ3n) is 2.51. The molecule has 0 bridgehead atoms. The van der Waals surface area contributed by atoms with E-state index in [-0.39, 0.29) is 0 Å². The van der Waals surface area contributed by atoms with E-state index in [1.807, 2.05) is 12.1 Å². The number of nitrogens with zero attached hydrogens (tertiary/aromatic N) is 1. The maximum Gasteiger partial charge on any atom is 0.129 e. The van der Waals surface area contributed by atoms with Gasteiger partial charge in [-0.25, -0.2) is 4.98 Å². The molecule has 1 saturated carbocycles. The van der Waals surface area contributed by atoms with Crippen molar-refractivity contribution in [3.05, 3.63) is 29.0 Å². The lowest BCUT2D eigenvalue weighted by atomic mass is 10.0. The standard InChI is InChI=1S/C10H12ClN/c11-10-7-3-6-9(12-10)8-4-1-2-5-8/h3,6-8H,1-2,4-5H2. The first-order chi connectivity index (χ1) is 5.86. The molecule has 1 fully saturated rings.